The molecule has 0 spiro atoms. The molecule has 0 bridgehead atoms. The second-order valence-corrected chi connectivity index (χ2v) is 2.05. The Kier molecular flexibility index (Phi) is 1.96. The average molecular weight is 152 g/mol. The first-order chi connectivity index (χ1) is 5.18. The SMILES string of the molecule is Nc1ccc(NC(=O)O)cc1. The van der Waals surface area contributed by atoms with E-state index < -0.39 is 6.09 Å². The van der Waals surface area contributed by atoms with Crippen molar-refractivity contribution in [1.29, 1.82) is 0 Å². The number of anilines is 2. The summed E-state index contributed by atoms with van der Waals surface area (Å²) >= 11 is 0. The number of rotatable bonds is 1. The number of benzene rings is 1. The summed E-state index contributed by atoms with van der Waals surface area (Å²) in [6.45, 7) is 0. The highest BCUT2D eigenvalue weighted by Gasteiger charge is 1.95. The Morgan fingerprint density at radius 1 is 1.36 bits per heavy atom. The quantitative estimate of drug-likeness (QED) is 0.532. The number of amides is 1. The van der Waals surface area contributed by atoms with E-state index in [-0.39, 0.29) is 0 Å². The Labute approximate surface area is 63.6 Å². The molecule has 0 fully saturated rings. The maximum absolute atomic E-state index is 10.1. The number of hydrogen-bond acceptors (Lipinski definition) is 2. The number of carbonyl (C=O) groups is 1. The van der Waals surface area contributed by atoms with Gasteiger partial charge in [0.2, 0.25) is 0 Å². The predicted octanol–water partition coefficient (Wildman–Crippen LogP) is 1.36. The zero-order chi connectivity index (χ0) is 8.27. The van der Waals surface area contributed by atoms with Gasteiger partial charge in [-0.25, -0.2) is 4.79 Å². The summed E-state index contributed by atoms with van der Waals surface area (Å²) in [6.07, 6.45) is -1.07. The summed E-state index contributed by atoms with van der Waals surface area (Å²) in [5.41, 5.74) is 6.51. The van der Waals surface area contributed by atoms with Crippen LogP contribution in [0.15, 0.2) is 24.3 Å². The van der Waals surface area contributed by atoms with Gasteiger partial charge >= 0.3 is 6.09 Å². The lowest BCUT2D eigenvalue weighted by atomic mass is 10.3. The zero-order valence-corrected chi connectivity index (χ0v) is 5.74. The van der Waals surface area contributed by atoms with E-state index in [2.05, 4.69) is 5.32 Å². The molecule has 4 heteroatoms. The van der Waals surface area contributed by atoms with Crippen molar-refractivity contribution in [2.24, 2.45) is 0 Å². The summed E-state index contributed by atoms with van der Waals surface area (Å²) in [5, 5.41) is 10.5. The predicted molar refractivity (Wildman–Crippen MR) is 42.5 cm³/mol. The molecule has 4 N–H and O–H groups in total. The number of carboxylic acid groups (broad SMARTS) is 1. The second-order valence-electron chi connectivity index (χ2n) is 2.05. The van der Waals surface area contributed by atoms with Crippen LogP contribution < -0.4 is 11.1 Å². The summed E-state index contributed by atoms with van der Waals surface area (Å²) < 4.78 is 0. The molecule has 4 nitrogen and oxygen atoms in total. The fourth-order valence-electron chi connectivity index (χ4n) is 0.690. The first kappa shape index (κ1) is 7.40. The van der Waals surface area contributed by atoms with E-state index in [9.17, 15) is 4.79 Å². The van der Waals surface area contributed by atoms with Gasteiger partial charge in [0.15, 0.2) is 0 Å². The van der Waals surface area contributed by atoms with Crippen molar-refractivity contribution in [2.45, 2.75) is 0 Å². The molecule has 0 aliphatic carbocycles. The van der Waals surface area contributed by atoms with Gasteiger partial charge in [0.25, 0.3) is 0 Å². The van der Waals surface area contributed by atoms with Crippen LogP contribution >= 0.6 is 0 Å². The van der Waals surface area contributed by atoms with Crippen LogP contribution in [0.3, 0.4) is 0 Å². The van der Waals surface area contributed by atoms with Crippen molar-refractivity contribution in [3.05, 3.63) is 24.3 Å². The van der Waals surface area contributed by atoms with Crippen LogP contribution in [0.4, 0.5) is 16.2 Å². The van der Waals surface area contributed by atoms with E-state index in [1.807, 2.05) is 0 Å². The standard InChI is InChI=1S/C7H8N2O2/c8-5-1-3-6(4-2-5)9-7(10)11/h1-4,9H,8H2,(H,10,11). The van der Waals surface area contributed by atoms with Crippen LogP contribution in [-0.4, -0.2) is 11.2 Å². The van der Waals surface area contributed by atoms with Gasteiger partial charge in [0, 0.05) is 11.4 Å². The van der Waals surface area contributed by atoms with Gasteiger partial charge in [0.1, 0.15) is 0 Å². The molecule has 1 aromatic carbocycles. The lowest BCUT2D eigenvalue weighted by molar-refractivity contribution is 0.210. The Morgan fingerprint density at radius 2 is 1.91 bits per heavy atom. The van der Waals surface area contributed by atoms with Crippen molar-refractivity contribution in [3.8, 4) is 0 Å². The second kappa shape index (κ2) is 2.92. The van der Waals surface area contributed by atoms with E-state index in [0.29, 0.717) is 11.4 Å². The van der Waals surface area contributed by atoms with E-state index in [4.69, 9.17) is 10.8 Å². The van der Waals surface area contributed by atoms with Gasteiger partial charge < -0.3 is 10.8 Å². The van der Waals surface area contributed by atoms with Gasteiger partial charge in [-0.2, -0.15) is 0 Å². The molecular weight excluding hydrogens is 144 g/mol. The lowest BCUT2D eigenvalue weighted by Crippen LogP contribution is -2.06. The number of hydrogen-bond donors (Lipinski definition) is 3. The Morgan fingerprint density at radius 3 is 2.36 bits per heavy atom. The van der Waals surface area contributed by atoms with E-state index in [1.165, 1.54) is 0 Å². The molecule has 0 aliphatic heterocycles. The van der Waals surface area contributed by atoms with Crippen molar-refractivity contribution in [1.82, 2.24) is 0 Å². The smallest absolute Gasteiger partial charge is 0.409 e. The van der Waals surface area contributed by atoms with Gasteiger partial charge in [-0.3, -0.25) is 5.32 Å². The minimum atomic E-state index is -1.07. The Balaban J connectivity index is 2.74. The molecule has 0 atom stereocenters. The van der Waals surface area contributed by atoms with Gasteiger partial charge in [0.05, 0.1) is 0 Å². The Hall–Kier alpha value is -1.71. The van der Waals surface area contributed by atoms with Crippen LogP contribution in [0.2, 0.25) is 0 Å². The molecule has 0 unspecified atom stereocenters. The summed E-state index contributed by atoms with van der Waals surface area (Å²) in [7, 11) is 0. The normalized spacial score (nSPS) is 9.09. The molecule has 58 valence electrons. The van der Waals surface area contributed by atoms with Crippen molar-refractivity contribution < 1.29 is 9.90 Å². The van der Waals surface area contributed by atoms with Crippen LogP contribution in [0.1, 0.15) is 0 Å². The number of nitrogen functional groups attached to an aromatic ring is 1. The molecule has 0 aliphatic rings. The largest absolute Gasteiger partial charge is 0.465 e. The third-order valence-corrected chi connectivity index (χ3v) is 1.16. The number of nitrogens with one attached hydrogen (secondary N) is 1. The molecule has 11 heavy (non-hydrogen) atoms. The highest BCUT2D eigenvalue weighted by molar-refractivity contribution is 5.82. The fourth-order valence-corrected chi connectivity index (χ4v) is 0.690. The van der Waals surface area contributed by atoms with Gasteiger partial charge in [-0.05, 0) is 24.3 Å². The summed E-state index contributed by atoms with van der Waals surface area (Å²) in [5.74, 6) is 0. The van der Waals surface area contributed by atoms with E-state index in [1.54, 1.807) is 24.3 Å². The van der Waals surface area contributed by atoms with Crippen LogP contribution in [0, 0.1) is 0 Å². The first-order valence-corrected chi connectivity index (χ1v) is 3.04. The van der Waals surface area contributed by atoms with Crippen LogP contribution in [-0.2, 0) is 0 Å². The highest BCUT2D eigenvalue weighted by Crippen LogP contribution is 2.09. The van der Waals surface area contributed by atoms with Crippen LogP contribution in [0.5, 0.6) is 0 Å². The summed E-state index contributed by atoms with van der Waals surface area (Å²) in [4.78, 5) is 10.1. The third-order valence-electron chi connectivity index (χ3n) is 1.16. The number of nitrogens with two attached hydrogens (primary N) is 1. The molecule has 0 saturated heterocycles. The molecule has 0 aromatic heterocycles. The molecule has 0 heterocycles. The van der Waals surface area contributed by atoms with Crippen molar-refractivity contribution in [2.75, 3.05) is 11.1 Å². The molecule has 1 rings (SSSR count). The Bertz CT molecular complexity index is 256. The van der Waals surface area contributed by atoms with Crippen molar-refractivity contribution >= 4 is 17.5 Å². The topological polar surface area (TPSA) is 75.3 Å². The minimum absolute atomic E-state index is 0.520. The highest BCUT2D eigenvalue weighted by atomic mass is 16.4. The first-order valence-electron chi connectivity index (χ1n) is 3.04. The third kappa shape index (κ3) is 2.17. The molecule has 1 amide bonds. The molecule has 0 radical (unpaired) electrons. The van der Waals surface area contributed by atoms with E-state index >= 15 is 0 Å². The molecule has 0 saturated carbocycles. The van der Waals surface area contributed by atoms with E-state index in [0.717, 1.165) is 0 Å². The average Bonchev–Trinajstić information content (AvgIpc) is 1.93. The zero-order valence-electron chi connectivity index (χ0n) is 5.74. The van der Waals surface area contributed by atoms with Gasteiger partial charge in [-0.15, -0.1) is 0 Å². The molecule has 1 aromatic rings. The van der Waals surface area contributed by atoms with Crippen molar-refractivity contribution in [3.63, 3.8) is 0 Å². The monoisotopic (exact) mass is 152 g/mol. The fraction of sp³-hybridized carbons (Fsp3) is 0. The lowest BCUT2D eigenvalue weighted by Gasteiger charge is -1.99. The summed E-state index contributed by atoms with van der Waals surface area (Å²) in [6, 6.07) is 6.46. The van der Waals surface area contributed by atoms with Gasteiger partial charge in [-0.1, -0.05) is 0 Å². The van der Waals surface area contributed by atoms with Crippen LogP contribution in [0.25, 0.3) is 0 Å². The maximum Gasteiger partial charge on any atom is 0.409 e. The molecular formula is C7H8N2O2. The maximum atomic E-state index is 10.1. The minimum Gasteiger partial charge on any atom is -0.465 e.